The molecule has 0 spiro atoms. The van der Waals surface area contributed by atoms with Crippen molar-refractivity contribution in [3.05, 3.63) is 42.2 Å². The third-order valence-electron chi connectivity index (χ3n) is 2.32. The van der Waals surface area contributed by atoms with Crippen LogP contribution in [0.1, 0.15) is 11.5 Å². The van der Waals surface area contributed by atoms with Crippen LogP contribution in [0.15, 0.2) is 30.7 Å². The van der Waals surface area contributed by atoms with E-state index in [1.807, 2.05) is 40.7 Å². The molecule has 0 aromatic carbocycles. The lowest BCUT2D eigenvalue weighted by molar-refractivity contribution is 0.271. The van der Waals surface area contributed by atoms with Crippen molar-refractivity contribution in [2.24, 2.45) is 7.05 Å². The van der Waals surface area contributed by atoms with E-state index in [9.17, 15) is 0 Å². The summed E-state index contributed by atoms with van der Waals surface area (Å²) in [6.45, 7) is 0.768. The highest BCUT2D eigenvalue weighted by Gasteiger charge is 2.03. The highest BCUT2D eigenvalue weighted by atomic mass is 16.3. The van der Waals surface area contributed by atoms with Crippen LogP contribution in [0.5, 0.6) is 0 Å². The van der Waals surface area contributed by atoms with Gasteiger partial charge in [0.1, 0.15) is 5.82 Å². The molecule has 0 bridgehead atoms. The van der Waals surface area contributed by atoms with E-state index in [0.29, 0.717) is 6.54 Å². The Morgan fingerprint density at radius 1 is 1.43 bits per heavy atom. The van der Waals surface area contributed by atoms with Crippen LogP contribution in [0, 0.1) is 0 Å². The van der Waals surface area contributed by atoms with Gasteiger partial charge in [0, 0.05) is 31.3 Å². The highest BCUT2D eigenvalue weighted by molar-refractivity contribution is 5.08. The van der Waals surface area contributed by atoms with Gasteiger partial charge in [-0.3, -0.25) is 0 Å². The lowest BCUT2D eigenvalue weighted by Gasteiger charge is -2.06. The number of hydrogen-bond donors (Lipinski definition) is 1. The number of rotatable bonds is 3. The molecule has 0 amide bonds. The van der Waals surface area contributed by atoms with Gasteiger partial charge in [-0.05, 0) is 12.1 Å². The number of aromatic nitrogens is 3. The maximum Gasteiger partial charge on any atom is 0.128 e. The summed E-state index contributed by atoms with van der Waals surface area (Å²) in [5.41, 5.74) is 0.910. The van der Waals surface area contributed by atoms with Gasteiger partial charge >= 0.3 is 0 Å². The van der Waals surface area contributed by atoms with E-state index in [2.05, 4.69) is 4.98 Å². The molecule has 4 nitrogen and oxygen atoms in total. The second-order valence-electron chi connectivity index (χ2n) is 3.24. The van der Waals surface area contributed by atoms with Gasteiger partial charge in [0.2, 0.25) is 0 Å². The van der Waals surface area contributed by atoms with E-state index in [4.69, 9.17) is 5.11 Å². The van der Waals surface area contributed by atoms with Crippen LogP contribution in [-0.2, 0) is 20.2 Å². The largest absolute Gasteiger partial charge is 0.390 e. The van der Waals surface area contributed by atoms with Crippen molar-refractivity contribution < 1.29 is 5.11 Å². The Bertz CT molecular complexity index is 416. The molecule has 2 heterocycles. The van der Waals surface area contributed by atoms with Gasteiger partial charge < -0.3 is 14.2 Å². The van der Waals surface area contributed by atoms with E-state index < -0.39 is 0 Å². The zero-order valence-corrected chi connectivity index (χ0v) is 8.09. The molecule has 0 atom stereocenters. The van der Waals surface area contributed by atoms with Crippen LogP contribution >= 0.6 is 0 Å². The predicted molar refractivity (Wildman–Crippen MR) is 52.7 cm³/mol. The first-order valence-electron chi connectivity index (χ1n) is 4.52. The van der Waals surface area contributed by atoms with Crippen molar-refractivity contribution in [2.75, 3.05) is 0 Å². The van der Waals surface area contributed by atoms with Crippen molar-refractivity contribution in [3.8, 4) is 0 Å². The maximum absolute atomic E-state index is 9.06. The van der Waals surface area contributed by atoms with Crippen molar-refractivity contribution in [1.29, 1.82) is 0 Å². The van der Waals surface area contributed by atoms with E-state index in [0.717, 1.165) is 11.5 Å². The predicted octanol–water partition coefficient (Wildman–Crippen LogP) is 0.762. The van der Waals surface area contributed by atoms with Crippen LogP contribution < -0.4 is 0 Å². The third-order valence-corrected chi connectivity index (χ3v) is 2.32. The van der Waals surface area contributed by atoms with Crippen LogP contribution in [-0.4, -0.2) is 19.2 Å². The van der Waals surface area contributed by atoms with Gasteiger partial charge in [0.05, 0.1) is 13.2 Å². The molecule has 0 aliphatic heterocycles. The van der Waals surface area contributed by atoms with Gasteiger partial charge in [0.15, 0.2) is 0 Å². The van der Waals surface area contributed by atoms with Crippen molar-refractivity contribution in [3.63, 3.8) is 0 Å². The molecule has 0 unspecified atom stereocenters. The minimum atomic E-state index is 0.0669. The van der Waals surface area contributed by atoms with Gasteiger partial charge in [-0.15, -0.1) is 0 Å². The number of hydrogen-bond acceptors (Lipinski definition) is 2. The van der Waals surface area contributed by atoms with Crippen LogP contribution in [0.4, 0.5) is 0 Å². The Hall–Kier alpha value is -1.55. The first-order valence-corrected chi connectivity index (χ1v) is 4.52. The molecule has 2 rings (SSSR count). The Morgan fingerprint density at radius 2 is 2.29 bits per heavy atom. The summed E-state index contributed by atoms with van der Waals surface area (Å²) in [6.07, 6.45) is 5.63. The SMILES string of the molecule is Cn1ccnc1Cn1cccc1CO. The minimum absolute atomic E-state index is 0.0669. The number of imidazole rings is 1. The Labute approximate surface area is 82.4 Å². The summed E-state index contributed by atoms with van der Waals surface area (Å²) in [5, 5.41) is 9.06. The molecule has 14 heavy (non-hydrogen) atoms. The number of nitrogens with zero attached hydrogens (tertiary/aromatic N) is 3. The molecule has 2 aromatic rings. The fourth-order valence-electron chi connectivity index (χ4n) is 1.45. The quantitative estimate of drug-likeness (QED) is 0.778. The third kappa shape index (κ3) is 1.56. The molecule has 0 aliphatic rings. The van der Waals surface area contributed by atoms with Crippen LogP contribution in [0.25, 0.3) is 0 Å². The average molecular weight is 191 g/mol. The van der Waals surface area contributed by atoms with Crippen LogP contribution in [0.2, 0.25) is 0 Å². The minimum Gasteiger partial charge on any atom is -0.390 e. The topological polar surface area (TPSA) is 43.0 Å². The summed E-state index contributed by atoms with van der Waals surface area (Å²) in [5.74, 6) is 0.982. The molecular formula is C10H13N3O. The second-order valence-corrected chi connectivity index (χ2v) is 3.24. The molecular weight excluding hydrogens is 178 g/mol. The lowest BCUT2D eigenvalue weighted by atomic mass is 10.4. The monoisotopic (exact) mass is 191 g/mol. The molecule has 0 aliphatic carbocycles. The van der Waals surface area contributed by atoms with E-state index in [1.165, 1.54) is 0 Å². The Balaban J connectivity index is 2.22. The fourth-order valence-corrected chi connectivity index (χ4v) is 1.45. The maximum atomic E-state index is 9.06. The summed E-state index contributed by atoms with van der Waals surface area (Å²) in [4.78, 5) is 4.23. The smallest absolute Gasteiger partial charge is 0.128 e. The molecule has 1 N–H and O–H groups in total. The van der Waals surface area contributed by atoms with E-state index >= 15 is 0 Å². The molecule has 74 valence electrons. The Kier molecular flexibility index (Phi) is 2.37. The lowest BCUT2D eigenvalue weighted by Crippen LogP contribution is -2.07. The zero-order valence-electron chi connectivity index (χ0n) is 8.09. The first-order chi connectivity index (χ1) is 6.81. The number of aliphatic hydroxyl groups is 1. The Morgan fingerprint density at radius 3 is 2.93 bits per heavy atom. The summed E-state index contributed by atoms with van der Waals surface area (Å²) < 4.78 is 3.96. The van der Waals surface area contributed by atoms with Crippen LogP contribution in [0.3, 0.4) is 0 Å². The average Bonchev–Trinajstić information content (AvgIpc) is 2.77. The molecule has 0 saturated carbocycles. The van der Waals surface area contributed by atoms with Crippen molar-refractivity contribution in [2.45, 2.75) is 13.2 Å². The van der Waals surface area contributed by atoms with Crippen molar-refractivity contribution >= 4 is 0 Å². The molecule has 0 radical (unpaired) electrons. The fraction of sp³-hybridized carbons (Fsp3) is 0.300. The highest BCUT2D eigenvalue weighted by Crippen LogP contribution is 2.05. The van der Waals surface area contributed by atoms with E-state index in [-0.39, 0.29) is 6.61 Å². The molecule has 0 fully saturated rings. The van der Waals surface area contributed by atoms with Crippen molar-refractivity contribution in [1.82, 2.24) is 14.1 Å². The molecule has 4 heteroatoms. The summed E-state index contributed by atoms with van der Waals surface area (Å²) in [6, 6.07) is 3.83. The zero-order chi connectivity index (χ0) is 9.97. The standard InChI is InChI=1S/C10H13N3O/c1-12-6-4-11-10(12)7-13-5-2-3-9(13)8-14/h2-6,14H,7-8H2,1H3. The normalized spacial score (nSPS) is 10.7. The second kappa shape index (κ2) is 3.67. The molecule has 0 saturated heterocycles. The van der Waals surface area contributed by atoms with Gasteiger partial charge in [-0.2, -0.15) is 0 Å². The van der Waals surface area contributed by atoms with Gasteiger partial charge in [-0.1, -0.05) is 0 Å². The first kappa shape index (κ1) is 9.02. The molecule has 2 aromatic heterocycles. The summed E-state index contributed by atoms with van der Waals surface area (Å²) in [7, 11) is 1.96. The van der Waals surface area contributed by atoms with E-state index in [1.54, 1.807) is 6.20 Å². The van der Waals surface area contributed by atoms with Gasteiger partial charge in [0.25, 0.3) is 0 Å². The summed E-state index contributed by atoms with van der Waals surface area (Å²) >= 11 is 0. The number of aliphatic hydroxyl groups excluding tert-OH is 1. The van der Waals surface area contributed by atoms with Gasteiger partial charge in [-0.25, -0.2) is 4.98 Å². The number of aryl methyl sites for hydroxylation is 1.